The number of hydrogen-bond acceptors (Lipinski definition) is 2. The van der Waals surface area contributed by atoms with Crippen LogP contribution in [0.1, 0.15) is 24.0 Å². The molecule has 1 aliphatic rings. The average molecular weight is 253 g/mol. The van der Waals surface area contributed by atoms with Crippen LogP contribution in [0, 0.1) is 6.92 Å². The van der Waals surface area contributed by atoms with Crippen LogP contribution in [0.2, 0.25) is 5.02 Å². The zero-order chi connectivity index (χ0) is 12.4. The number of nitrogens with zero attached hydrogens (tertiary/aromatic N) is 1. The van der Waals surface area contributed by atoms with E-state index in [4.69, 9.17) is 11.6 Å². The zero-order valence-electron chi connectivity index (χ0n) is 10.9. The molecule has 1 aromatic carbocycles. The van der Waals surface area contributed by atoms with Crippen molar-refractivity contribution >= 4 is 17.3 Å². The fraction of sp³-hybridized carbons (Fsp3) is 0.571. The summed E-state index contributed by atoms with van der Waals surface area (Å²) in [5.74, 6) is 0. The summed E-state index contributed by atoms with van der Waals surface area (Å²) in [5.41, 5.74) is 4.01. The highest BCUT2D eigenvalue weighted by atomic mass is 35.5. The predicted molar refractivity (Wildman–Crippen MR) is 75.2 cm³/mol. The van der Waals surface area contributed by atoms with Crippen LogP contribution in [0.3, 0.4) is 0 Å². The summed E-state index contributed by atoms with van der Waals surface area (Å²) in [7, 11) is 4.21. The number of aryl methyl sites for hydroxylation is 1. The largest absolute Gasteiger partial charge is 0.371 e. The molecule has 0 saturated heterocycles. The molecule has 0 saturated carbocycles. The Labute approximate surface area is 109 Å². The normalized spacial score (nSPS) is 19.3. The molecule has 1 heterocycles. The summed E-state index contributed by atoms with van der Waals surface area (Å²) in [6.45, 7) is 3.20. The van der Waals surface area contributed by atoms with Crippen LogP contribution in [-0.2, 0) is 6.42 Å². The van der Waals surface area contributed by atoms with E-state index in [-0.39, 0.29) is 0 Å². The molecule has 1 unspecified atom stereocenters. The number of rotatable bonds is 3. The zero-order valence-corrected chi connectivity index (χ0v) is 11.6. The third-order valence-corrected chi connectivity index (χ3v) is 4.23. The molecule has 2 nitrogen and oxygen atoms in total. The van der Waals surface area contributed by atoms with E-state index >= 15 is 0 Å². The lowest BCUT2D eigenvalue weighted by atomic mass is 9.92. The molecule has 17 heavy (non-hydrogen) atoms. The monoisotopic (exact) mass is 252 g/mol. The molecular formula is C14H21ClN2. The number of hydrogen-bond donors (Lipinski definition) is 1. The van der Waals surface area contributed by atoms with Crippen molar-refractivity contribution < 1.29 is 0 Å². The van der Waals surface area contributed by atoms with Crippen molar-refractivity contribution in [1.29, 1.82) is 0 Å². The maximum atomic E-state index is 6.22. The van der Waals surface area contributed by atoms with Gasteiger partial charge in [-0.15, -0.1) is 0 Å². The highest BCUT2D eigenvalue weighted by molar-refractivity contribution is 6.31. The molecule has 1 aromatic rings. The van der Waals surface area contributed by atoms with Gasteiger partial charge in [0.15, 0.2) is 0 Å². The number of fused-ring (bicyclic) bond motifs is 1. The molecular weight excluding hydrogens is 232 g/mol. The fourth-order valence-electron chi connectivity index (χ4n) is 2.77. The van der Waals surface area contributed by atoms with Crippen LogP contribution < -0.4 is 10.2 Å². The molecule has 1 N–H and O–H groups in total. The Bertz CT molecular complexity index is 403. The molecule has 0 radical (unpaired) electrons. The molecule has 0 amide bonds. The molecule has 0 bridgehead atoms. The first kappa shape index (κ1) is 12.7. The van der Waals surface area contributed by atoms with Crippen LogP contribution in [0.25, 0.3) is 0 Å². The van der Waals surface area contributed by atoms with E-state index in [1.54, 1.807) is 0 Å². The Balaban J connectivity index is 2.27. The highest BCUT2D eigenvalue weighted by Gasteiger charge is 2.24. The lowest BCUT2D eigenvalue weighted by Crippen LogP contribution is -2.38. The quantitative estimate of drug-likeness (QED) is 0.890. The van der Waals surface area contributed by atoms with Gasteiger partial charge in [-0.1, -0.05) is 17.7 Å². The van der Waals surface area contributed by atoms with Gasteiger partial charge in [-0.25, -0.2) is 0 Å². The van der Waals surface area contributed by atoms with E-state index in [2.05, 4.69) is 30.3 Å². The maximum Gasteiger partial charge on any atom is 0.0456 e. The molecule has 0 aliphatic carbocycles. The average Bonchev–Trinajstić information content (AvgIpc) is 2.33. The summed E-state index contributed by atoms with van der Waals surface area (Å²) in [6, 6.07) is 4.83. The molecule has 94 valence electrons. The van der Waals surface area contributed by atoms with Crippen molar-refractivity contribution in [2.24, 2.45) is 0 Å². The lowest BCUT2D eigenvalue weighted by molar-refractivity contribution is 0.509. The van der Waals surface area contributed by atoms with Crippen molar-refractivity contribution in [3.63, 3.8) is 0 Å². The third-order valence-electron chi connectivity index (χ3n) is 3.82. The van der Waals surface area contributed by atoms with Crippen molar-refractivity contribution in [3.8, 4) is 0 Å². The van der Waals surface area contributed by atoms with Crippen LogP contribution >= 0.6 is 11.6 Å². The maximum absolute atomic E-state index is 6.22. The van der Waals surface area contributed by atoms with Gasteiger partial charge in [0.1, 0.15) is 0 Å². The topological polar surface area (TPSA) is 15.3 Å². The van der Waals surface area contributed by atoms with Gasteiger partial charge in [-0.3, -0.25) is 0 Å². The SMILES string of the molecule is CNCCC1CCc2ccc(Cl)c(C)c2N1C. The minimum Gasteiger partial charge on any atom is -0.371 e. The summed E-state index contributed by atoms with van der Waals surface area (Å²) in [6.07, 6.45) is 3.61. The second kappa shape index (κ2) is 5.28. The van der Waals surface area contributed by atoms with Crippen molar-refractivity contribution in [2.45, 2.75) is 32.2 Å². The van der Waals surface area contributed by atoms with Crippen molar-refractivity contribution in [1.82, 2.24) is 5.32 Å². The van der Waals surface area contributed by atoms with Gasteiger partial charge >= 0.3 is 0 Å². The Hall–Kier alpha value is -0.730. The number of halogens is 1. The van der Waals surface area contributed by atoms with Gasteiger partial charge in [0.2, 0.25) is 0 Å². The van der Waals surface area contributed by atoms with E-state index in [0.717, 1.165) is 11.6 Å². The van der Waals surface area contributed by atoms with E-state index in [1.807, 2.05) is 13.1 Å². The smallest absolute Gasteiger partial charge is 0.0456 e. The third kappa shape index (κ3) is 2.43. The fourth-order valence-corrected chi connectivity index (χ4v) is 2.92. The summed E-state index contributed by atoms with van der Waals surface area (Å²) in [4.78, 5) is 2.41. The summed E-state index contributed by atoms with van der Waals surface area (Å²) in [5, 5.41) is 4.11. The highest BCUT2D eigenvalue weighted by Crippen LogP contribution is 2.36. The Morgan fingerprint density at radius 3 is 2.94 bits per heavy atom. The Morgan fingerprint density at radius 1 is 1.47 bits per heavy atom. The number of anilines is 1. The first-order valence-electron chi connectivity index (χ1n) is 6.30. The van der Waals surface area contributed by atoms with Gasteiger partial charge in [-0.2, -0.15) is 0 Å². The van der Waals surface area contributed by atoms with Crippen LogP contribution in [0.15, 0.2) is 12.1 Å². The minimum absolute atomic E-state index is 0.632. The van der Waals surface area contributed by atoms with E-state index in [0.29, 0.717) is 6.04 Å². The molecule has 1 atom stereocenters. The van der Waals surface area contributed by atoms with E-state index in [9.17, 15) is 0 Å². The first-order chi connectivity index (χ1) is 8.15. The standard InChI is InChI=1S/C14H21ClN2/c1-10-13(15)7-5-11-4-6-12(8-9-16-2)17(3)14(10)11/h5,7,12,16H,4,6,8-9H2,1-3H3. The molecule has 0 spiro atoms. The second-order valence-electron chi connectivity index (χ2n) is 4.88. The van der Waals surface area contributed by atoms with Gasteiger partial charge in [0.05, 0.1) is 0 Å². The van der Waals surface area contributed by atoms with E-state index in [1.165, 1.54) is 36.1 Å². The van der Waals surface area contributed by atoms with Gasteiger partial charge in [0, 0.05) is 23.8 Å². The van der Waals surface area contributed by atoms with E-state index < -0.39 is 0 Å². The summed E-state index contributed by atoms with van der Waals surface area (Å²) < 4.78 is 0. The van der Waals surface area contributed by atoms with Crippen molar-refractivity contribution in [3.05, 3.63) is 28.3 Å². The van der Waals surface area contributed by atoms with Gasteiger partial charge in [-0.05, 0) is 57.0 Å². The summed E-state index contributed by atoms with van der Waals surface area (Å²) >= 11 is 6.22. The molecule has 3 heteroatoms. The molecule has 1 aliphatic heterocycles. The van der Waals surface area contributed by atoms with Crippen LogP contribution in [0.4, 0.5) is 5.69 Å². The molecule has 2 rings (SSSR count). The number of benzene rings is 1. The van der Waals surface area contributed by atoms with Crippen molar-refractivity contribution in [2.75, 3.05) is 25.5 Å². The van der Waals surface area contributed by atoms with Crippen LogP contribution in [-0.4, -0.2) is 26.7 Å². The number of nitrogens with one attached hydrogen (secondary N) is 1. The first-order valence-corrected chi connectivity index (χ1v) is 6.68. The van der Waals surface area contributed by atoms with Gasteiger partial charge in [0.25, 0.3) is 0 Å². The minimum atomic E-state index is 0.632. The lowest BCUT2D eigenvalue weighted by Gasteiger charge is -2.37. The molecule has 0 fully saturated rings. The molecule has 0 aromatic heterocycles. The second-order valence-corrected chi connectivity index (χ2v) is 5.28. The van der Waals surface area contributed by atoms with Gasteiger partial charge < -0.3 is 10.2 Å². The Kier molecular flexibility index (Phi) is 3.95. The predicted octanol–water partition coefficient (Wildman–Crippen LogP) is 3.01. The van der Waals surface area contributed by atoms with Crippen LogP contribution in [0.5, 0.6) is 0 Å². The Morgan fingerprint density at radius 2 is 2.24 bits per heavy atom.